The Balaban J connectivity index is 0.000000422. The summed E-state index contributed by atoms with van der Waals surface area (Å²) >= 11 is 6.49. The number of hydrogen-bond acceptors (Lipinski definition) is 2. The molecule has 1 atom stereocenters. The summed E-state index contributed by atoms with van der Waals surface area (Å²) in [4.78, 5) is 1.35. The van der Waals surface area contributed by atoms with Crippen molar-refractivity contribution in [3.63, 3.8) is 0 Å². The number of alkyl halides is 1. The zero-order chi connectivity index (χ0) is 14.4. The first kappa shape index (κ1) is 22.7. The molecule has 0 saturated carbocycles. The number of thioether (sulfide) groups is 1. The predicted molar refractivity (Wildman–Crippen MR) is 90.5 cm³/mol. The van der Waals surface area contributed by atoms with Crippen LogP contribution in [-0.2, 0) is 22.7 Å². The van der Waals surface area contributed by atoms with Crippen LogP contribution in [0.25, 0.3) is 11.6 Å². The number of allylic oxidation sites excluding steroid dienone is 5. The van der Waals surface area contributed by atoms with E-state index in [4.69, 9.17) is 0 Å². The molecule has 0 bridgehead atoms. The molecule has 1 unspecified atom stereocenters. The molecule has 22 heavy (non-hydrogen) atoms. The molecule has 1 aromatic carbocycles. The summed E-state index contributed by atoms with van der Waals surface area (Å²) in [5.74, 6) is 0. The average molecular weight is 509 g/mol. The normalized spacial score (nSPS) is 18.2. The minimum absolute atomic E-state index is 0. The van der Waals surface area contributed by atoms with Gasteiger partial charge in [0.2, 0.25) is 0 Å². The molecule has 1 aliphatic heterocycles. The number of benzene rings is 1. The molecule has 2 aliphatic carbocycles. The Morgan fingerprint density at radius 3 is 2.55 bits per heavy atom. The summed E-state index contributed by atoms with van der Waals surface area (Å²) in [7, 11) is 4.17. The molecular formula is C16H11BrCl2S2Zr-2. The molecule has 114 valence electrons. The van der Waals surface area contributed by atoms with Crippen LogP contribution >= 0.6 is 36.5 Å². The quantitative estimate of drug-likeness (QED) is 0.347. The Labute approximate surface area is 175 Å². The van der Waals surface area contributed by atoms with E-state index in [-0.39, 0.29) is 24.8 Å². The third-order valence-corrected chi connectivity index (χ3v) is 4.53. The number of fused-ring (bicyclic) bond motifs is 3. The Kier molecular flexibility index (Phi) is 12.5. The van der Waals surface area contributed by atoms with Crippen LogP contribution in [0.3, 0.4) is 0 Å². The van der Waals surface area contributed by atoms with Gasteiger partial charge in [-0.3, -0.25) is 6.08 Å². The van der Waals surface area contributed by atoms with Crippen LogP contribution in [0.15, 0.2) is 47.4 Å². The second-order valence-electron chi connectivity index (χ2n) is 4.05. The monoisotopic (exact) mass is 506 g/mol. The van der Waals surface area contributed by atoms with E-state index in [1.54, 1.807) is 0 Å². The third kappa shape index (κ3) is 5.96. The van der Waals surface area contributed by atoms with Gasteiger partial charge in [0, 0.05) is 4.16 Å². The summed E-state index contributed by atoms with van der Waals surface area (Å²) in [5.41, 5.74) is 3.93. The van der Waals surface area contributed by atoms with Gasteiger partial charge in [-0.05, 0) is 0 Å². The van der Waals surface area contributed by atoms with Crippen LogP contribution in [0.2, 0.25) is 0 Å². The fourth-order valence-electron chi connectivity index (χ4n) is 2.03. The number of hydrogen-bond donors (Lipinski definition) is 0. The molecule has 0 radical (unpaired) electrons. The zero-order valence-corrected chi connectivity index (χ0v) is 18.5. The Morgan fingerprint density at radius 2 is 1.95 bits per heavy atom. The maximum atomic E-state index is 4.17. The minimum atomic E-state index is 0. The van der Waals surface area contributed by atoms with E-state index >= 15 is 0 Å². The van der Waals surface area contributed by atoms with Crippen molar-refractivity contribution in [1.82, 2.24) is 0 Å². The summed E-state index contributed by atoms with van der Waals surface area (Å²) in [6.45, 7) is 0. The van der Waals surface area contributed by atoms with Crippen molar-refractivity contribution in [2.24, 2.45) is 0 Å². The number of rotatable bonds is 0. The molecule has 1 heterocycles. The molecule has 4 rings (SSSR count). The van der Waals surface area contributed by atoms with Crippen LogP contribution in [0.5, 0.6) is 0 Å². The van der Waals surface area contributed by atoms with Crippen LogP contribution in [0.1, 0.15) is 17.5 Å². The standard InChI is InChI=1S/C11H6BrS.C5H5.2ClH.S.Zr/c12-11-6-9-8-4-2-1-3-7(8)5-10(9)13-11;1-2-4-5-3-1;;;;/h1-5,11H;1-3H,4H2;2*1H;;/q2*-1;;;;+2/p-2. The SMILES string of the molecule is BrC1[C-]=C2C(=Cc3ccccc32)S1.[C-]1=CC=CC1.[Cl-].[Cl-].[S]=[Zr+2]. The predicted octanol–water partition coefficient (Wildman–Crippen LogP) is -0.345. The van der Waals surface area contributed by atoms with E-state index in [0.717, 1.165) is 29.1 Å². The molecule has 3 aliphatic rings. The van der Waals surface area contributed by atoms with Crippen molar-refractivity contribution in [2.45, 2.75) is 10.6 Å². The van der Waals surface area contributed by atoms with Gasteiger partial charge in [-0.25, -0.2) is 12.2 Å². The van der Waals surface area contributed by atoms with Crippen molar-refractivity contribution in [2.75, 3.05) is 0 Å². The van der Waals surface area contributed by atoms with E-state index in [2.05, 4.69) is 73.4 Å². The Morgan fingerprint density at radius 1 is 1.23 bits per heavy atom. The van der Waals surface area contributed by atoms with Crippen molar-refractivity contribution in [3.05, 3.63) is 70.7 Å². The van der Waals surface area contributed by atoms with Crippen LogP contribution in [0, 0.1) is 12.2 Å². The maximum absolute atomic E-state index is 4.17. The fraction of sp³-hybridized carbons (Fsp3) is 0.125. The van der Waals surface area contributed by atoms with Gasteiger partial charge in [0.15, 0.2) is 0 Å². The van der Waals surface area contributed by atoms with Gasteiger partial charge < -0.3 is 24.8 Å². The molecule has 6 heteroatoms. The Bertz CT molecular complexity index is 602. The van der Waals surface area contributed by atoms with Crippen LogP contribution < -0.4 is 24.8 Å². The van der Waals surface area contributed by atoms with E-state index < -0.39 is 0 Å². The molecule has 0 spiro atoms. The van der Waals surface area contributed by atoms with E-state index in [9.17, 15) is 0 Å². The van der Waals surface area contributed by atoms with Gasteiger partial charge in [0.1, 0.15) is 0 Å². The van der Waals surface area contributed by atoms with Gasteiger partial charge in [0.05, 0.1) is 0 Å². The summed E-state index contributed by atoms with van der Waals surface area (Å²) in [6.07, 6.45) is 15.6. The van der Waals surface area contributed by atoms with E-state index in [0.29, 0.717) is 4.16 Å². The summed E-state index contributed by atoms with van der Waals surface area (Å²) in [6, 6.07) is 8.47. The van der Waals surface area contributed by atoms with Gasteiger partial charge in [-0.1, -0.05) is 44.6 Å². The topological polar surface area (TPSA) is 0 Å². The fourth-order valence-corrected chi connectivity index (χ4v) is 3.75. The molecule has 0 fully saturated rings. The summed E-state index contributed by atoms with van der Waals surface area (Å²) in [5, 5.41) is 0. The van der Waals surface area contributed by atoms with E-state index in [1.165, 1.54) is 21.6 Å². The molecule has 0 N–H and O–H groups in total. The van der Waals surface area contributed by atoms with Crippen molar-refractivity contribution < 1.29 is 47.5 Å². The number of halogens is 3. The van der Waals surface area contributed by atoms with Gasteiger partial charge in [0.25, 0.3) is 0 Å². The van der Waals surface area contributed by atoms with E-state index in [1.807, 2.05) is 23.9 Å². The molecule has 0 aromatic heterocycles. The third-order valence-electron chi connectivity index (χ3n) is 2.84. The second-order valence-corrected chi connectivity index (χ2v) is 6.72. The molecular weight excluding hydrogens is 498 g/mol. The Hall–Kier alpha value is 0.693. The van der Waals surface area contributed by atoms with Crippen molar-refractivity contribution in [3.8, 4) is 0 Å². The molecule has 0 amide bonds. The summed E-state index contributed by atoms with van der Waals surface area (Å²) < 4.78 is 0.335. The second kappa shape index (κ2) is 12.1. The molecule has 0 saturated heterocycles. The zero-order valence-electron chi connectivity index (χ0n) is 11.4. The van der Waals surface area contributed by atoms with Gasteiger partial charge >= 0.3 is 31.5 Å². The molecule has 0 nitrogen and oxygen atoms in total. The first-order valence-electron chi connectivity index (χ1n) is 6.02. The van der Waals surface area contributed by atoms with Crippen LogP contribution in [0.4, 0.5) is 0 Å². The molecule has 1 aromatic rings. The first-order chi connectivity index (χ1) is 9.84. The van der Waals surface area contributed by atoms with Crippen molar-refractivity contribution in [1.29, 1.82) is 0 Å². The van der Waals surface area contributed by atoms with Gasteiger partial charge in [-0.2, -0.15) is 29.5 Å². The first-order valence-corrected chi connectivity index (χ1v) is 11.2. The van der Waals surface area contributed by atoms with Crippen LogP contribution in [-0.4, -0.2) is 4.16 Å². The van der Waals surface area contributed by atoms with Gasteiger partial charge in [-0.15, -0.1) is 24.1 Å². The average Bonchev–Trinajstić information content (AvgIpc) is 3.18. The van der Waals surface area contributed by atoms with Crippen molar-refractivity contribution >= 4 is 48.2 Å².